The average molecular weight is 421 g/mol. The van der Waals surface area contributed by atoms with Crippen LogP contribution in [0.15, 0.2) is 36.5 Å². The molecule has 1 aromatic heterocycles. The molecule has 152 valence electrons. The van der Waals surface area contributed by atoms with Crippen molar-refractivity contribution in [3.05, 3.63) is 53.1 Å². The summed E-state index contributed by atoms with van der Waals surface area (Å²) in [4.78, 5) is 40.8. The van der Waals surface area contributed by atoms with Crippen molar-refractivity contribution >= 4 is 40.9 Å². The molecule has 0 radical (unpaired) electrons. The number of anilines is 2. The maximum absolute atomic E-state index is 14.5. The number of aromatic nitrogens is 1. The predicted molar refractivity (Wildman–Crippen MR) is 105 cm³/mol. The second-order valence-corrected chi connectivity index (χ2v) is 6.65. The first kappa shape index (κ1) is 20.5. The molecule has 1 aromatic carbocycles. The fourth-order valence-corrected chi connectivity index (χ4v) is 2.81. The van der Waals surface area contributed by atoms with Gasteiger partial charge in [-0.05, 0) is 30.3 Å². The van der Waals surface area contributed by atoms with Gasteiger partial charge in [-0.2, -0.15) is 0 Å². The van der Waals surface area contributed by atoms with Gasteiger partial charge in [0.05, 0.1) is 36.2 Å². The van der Waals surface area contributed by atoms with E-state index in [4.69, 9.17) is 16.3 Å². The van der Waals surface area contributed by atoms with E-state index in [1.54, 1.807) is 6.92 Å². The number of benzene rings is 1. The lowest BCUT2D eigenvalue weighted by Gasteiger charge is -2.14. The monoisotopic (exact) mass is 420 g/mol. The van der Waals surface area contributed by atoms with Gasteiger partial charge in [-0.1, -0.05) is 18.5 Å². The number of cyclic esters (lactones) is 1. The standard InChI is InChI=1S/C19H18ClFN4O4/c1-2-17(26)23-9-13-10-25(19(28)29-13)12-4-5-14(15(21)7-12)18(27)24-11-3-6-16(20)22-8-11/h3-8,13H,2,9-10H2,1H3,(H,23,26)(H,24,27)/t13-/m0/s1. The van der Waals surface area contributed by atoms with E-state index in [1.165, 1.54) is 35.4 Å². The molecule has 2 aromatic rings. The number of rotatable bonds is 6. The van der Waals surface area contributed by atoms with E-state index in [0.717, 1.165) is 6.07 Å². The van der Waals surface area contributed by atoms with Crippen LogP contribution in [0.3, 0.4) is 0 Å². The van der Waals surface area contributed by atoms with E-state index in [2.05, 4.69) is 15.6 Å². The number of hydrogen-bond donors (Lipinski definition) is 2. The summed E-state index contributed by atoms with van der Waals surface area (Å²) >= 11 is 5.69. The lowest BCUT2D eigenvalue weighted by Crippen LogP contribution is -2.34. The largest absolute Gasteiger partial charge is 0.442 e. The van der Waals surface area contributed by atoms with Gasteiger partial charge in [-0.3, -0.25) is 14.5 Å². The van der Waals surface area contributed by atoms with E-state index in [0.29, 0.717) is 12.1 Å². The molecule has 29 heavy (non-hydrogen) atoms. The minimum atomic E-state index is -0.794. The third kappa shape index (κ3) is 5.00. The summed E-state index contributed by atoms with van der Waals surface area (Å²) in [7, 11) is 0. The zero-order valence-electron chi connectivity index (χ0n) is 15.4. The van der Waals surface area contributed by atoms with Gasteiger partial charge in [0.1, 0.15) is 17.1 Å². The van der Waals surface area contributed by atoms with Gasteiger partial charge in [-0.25, -0.2) is 14.2 Å². The maximum atomic E-state index is 14.5. The van der Waals surface area contributed by atoms with Gasteiger partial charge < -0.3 is 15.4 Å². The second kappa shape index (κ2) is 8.87. The molecular weight excluding hydrogens is 403 g/mol. The summed E-state index contributed by atoms with van der Waals surface area (Å²) in [6.45, 7) is 2.05. The summed E-state index contributed by atoms with van der Waals surface area (Å²) in [5.41, 5.74) is 0.424. The van der Waals surface area contributed by atoms with E-state index in [-0.39, 0.29) is 35.4 Å². The summed E-state index contributed by atoms with van der Waals surface area (Å²) in [5.74, 6) is -1.61. The molecule has 10 heteroatoms. The number of hydrogen-bond acceptors (Lipinski definition) is 5. The van der Waals surface area contributed by atoms with Crippen LogP contribution in [0.4, 0.5) is 20.6 Å². The lowest BCUT2D eigenvalue weighted by molar-refractivity contribution is -0.121. The average Bonchev–Trinajstić information content (AvgIpc) is 3.08. The summed E-state index contributed by atoms with van der Waals surface area (Å²) in [6.07, 6.45) is 0.487. The Hall–Kier alpha value is -3.20. The SMILES string of the molecule is CCC(=O)NC[C@H]1CN(c2ccc(C(=O)Nc3ccc(Cl)nc3)c(F)c2)C(=O)O1. The fourth-order valence-electron chi connectivity index (χ4n) is 2.70. The van der Waals surface area contributed by atoms with E-state index in [9.17, 15) is 18.8 Å². The Bertz CT molecular complexity index is 938. The van der Waals surface area contributed by atoms with Crippen LogP contribution in [0, 0.1) is 5.82 Å². The number of nitrogens with one attached hydrogen (secondary N) is 2. The quantitative estimate of drug-likeness (QED) is 0.700. The maximum Gasteiger partial charge on any atom is 0.414 e. The molecule has 1 saturated heterocycles. The van der Waals surface area contributed by atoms with E-state index >= 15 is 0 Å². The Labute approximate surface area is 171 Å². The van der Waals surface area contributed by atoms with Crippen molar-refractivity contribution in [2.24, 2.45) is 0 Å². The summed E-state index contributed by atoms with van der Waals surface area (Å²) < 4.78 is 19.7. The zero-order chi connectivity index (χ0) is 21.0. The Morgan fingerprint density at radius 1 is 1.34 bits per heavy atom. The van der Waals surface area contributed by atoms with Crippen LogP contribution in [0.25, 0.3) is 0 Å². The van der Waals surface area contributed by atoms with Crippen molar-refractivity contribution < 1.29 is 23.5 Å². The smallest absolute Gasteiger partial charge is 0.414 e. The van der Waals surface area contributed by atoms with Crippen LogP contribution in [-0.2, 0) is 9.53 Å². The van der Waals surface area contributed by atoms with Crippen LogP contribution in [0.1, 0.15) is 23.7 Å². The molecule has 1 aliphatic heterocycles. The van der Waals surface area contributed by atoms with Crippen molar-refractivity contribution in [1.82, 2.24) is 10.3 Å². The molecule has 1 fully saturated rings. The third-order valence-corrected chi connectivity index (χ3v) is 4.44. The minimum Gasteiger partial charge on any atom is -0.442 e. The Morgan fingerprint density at radius 3 is 2.79 bits per heavy atom. The molecule has 0 saturated carbocycles. The highest BCUT2D eigenvalue weighted by atomic mass is 35.5. The number of amides is 3. The molecular formula is C19H18ClFN4O4. The number of nitrogens with zero attached hydrogens (tertiary/aromatic N) is 2. The van der Waals surface area contributed by atoms with Crippen molar-refractivity contribution in [3.8, 4) is 0 Å². The molecule has 0 aliphatic carbocycles. The Morgan fingerprint density at radius 2 is 2.14 bits per heavy atom. The van der Waals surface area contributed by atoms with Gasteiger partial charge in [-0.15, -0.1) is 0 Å². The topological polar surface area (TPSA) is 101 Å². The molecule has 2 heterocycles. The van der Waals surface area contributed by atoms with Gasteiger partial charge in [0.2, 0.25) is 5.91 Å². The molecule has 0 unspecified atom stereocenters. The molecule has 2 N–H and O–H groups in total. The van der Waals surface area contributed by atoms with Crippen molar-refractivity contribution in [3.63, 3.8) is 0 Å². The van der Waals surface area contributed by atoms with Crippen LogP contribution in [-0.4, -0.2) is 42.1 Å². The van der Waals surface area contributed by atoms with Crippen molar-refractivity contribution in [2.75, 3.05) is 23.3 Å². The molecule has 1 aliphatic rings. The molecule has 0 bridgehead atoms. The predicted octanol–water partition coefficient (Wildman–Crippen LogP) is 2.98. The zero-order valence-corrected chi connectivity index (χ0v) is 16.2. The van der Waals surface area contributed by atoms with E-state index < -0.39 is 23.9 Å². The number of halogens is 2. The van der Waals surface area contributed by atoms with Crippen molar-refractivity contribution in [2.45, 2.75) is 19.4 Å². The first-order chi connectivity index (χ1) is 13.9. The van der Waals surface area contributed by atoms with E-state index in [1.807, 2.05) is 0 Å². The highest BCUT2D eigenvalue weighted by molar-refractivity contribution is 6.29. The number of carbonyl (C=O) groups excluding carboxylic acids is 3. The highest BCUT2D eigenvalue weighted by Gasteiger charge is 2.33. The third-order valence-electron chi connectivity index (χ3n) is 4.22. The van der Waals surface area contributed by atoms with Gasteiger partial charge in [0, 0.05) is 6.42 Å². The molecule has 0 spiro atoms. The number of carbonyl (C=O) groups is 3. The van der Waals surface area contributed by atoms with Crippen LogP contribution >= 0.6 is 11.6 Å². The van der Waals surface area contributed by atoms with Crippen LogP contribution in [0.2, 0.25) is 5.15 Å². The first-order valence-electron chi connectivity index (χ1n) is 8.84. The fraction of sp³-hybridized carbons (Fsp3) is 0.263. The Kier molecular flexibility index (Phi) is 6.28. The Balaban J connectivity index is 1.67. The highest BCUT2D eigenvalue weighted by Crippen LogP contribution is 2.24. The van der Waals surface area contributed by atoms with Crippen LogP contribution < -0.4 is 15.5 Å². The van der Waals surface area contributed by atoms with Gasteiger partial charge in [0.25, 0.3) is 5.91 Å². The van der Waals surface area contributed by atoms with Gasteiger partial charge >= 0.3 is 6.09 Å². The molecule has 3 rings (SSSR count). The van der Waals surface area contributed by atoms with Gasteiger partial charge in [0.15, 0.2) is 0 Å². The minimum absolute atomic E-state index is 0.156. The molecule has 1 atom stereocenters. The summed E-state index contributed by atoms with van der Waals surface area (Å²) in [5, 5.41) is 5.43. The molecule has 3 amide bonds. The normalized spacial score (nSPS) is 15.8. The second-order valence-electron chi connectivity index (χ2n) is 6.26. The lowest BCUT2D eigenvalue weighted by atomic mass is 10.1. The van der Waals surface area contributed by atoms with Crippen LogP contribution in [0.5, 0.6) is 0 Å². The molecule has 8 nitrogen and oxygen atoms in total. The van der Waals surface area contributed by atoms with Crippen molar-refractivity contribution in [1.29, 1.82) is 0 Å². The number of pyridine rings is 1. The number of ether oxygens (including phenoxy) is 1. The summed E-state index contributed by atoms with van der Waals surface area (Å²) in [6, 6.07) is 6.85. The first-order valence-corrected chi connectivity index (χ1v) is 9.22.